The van der Waals surface area contributed by atoms with Crippen molar-refractivity contribution in [2.24, 2.45) is 0 Å². The van der Waals surface area contributed by atoms with E-state index in [0.29, 0.717) is 25.5 Å². The molecule has 5 nitrogen and oxygen atoms in total. The van der Waals surface area contributed by atoms with Gasteiger partial charge in [-0.3, -0.25) is 9.78 Å². The number of carbonyl (C=O) groups excluding carboxylic acids is 1. The highest BCUT2D eigenvalue weighted by Crippen LogP contribution is 2.33. The fourth-order valence-electron chi connectivity index (χ4n) is 2.40. The number of pyridine rings is 1. The highest BCUT2D eigenvalue weighted by Gasteiger charge is 2.14. The molecule has 5 heteroatoms. The van der Waals surface area contributed by atoms with Gasteiger partial charge in [0.25, 0.3) is 5.91 Å². The minimum Gasteiger partial charge on any atom is -0.486 e. The molecule has 0 atom stereocenters. The predicted octanol–water partition coefficient (Wildman–Crippen LogP) is 2.13. The number of nitrogens with one attached hydrogen (secondary N) is 1. The van der Waals surface area contributed by atoms with E-state index in [1.54, 1.807) is 24.4 Å². The Labute approximate surface area is 129 Å². The van der Waals surface area contributed by atoms with Crippen LogP contribution in [-0.2, 0) is 6.42 Å². The molecule has 2 heterocycles. The highest BCUT2D eigenvalue weighted by atomic mass is 16.6. The van der Waals surface area contributed by atoms with Crippen LogP contribution < -0.4 is 14.8 Å². The topological polar surface area (TPSA) is 60.5 Å². The maximum atomic E-state index is 11.9. The minimum absolute atomic E-state index is 0.157. The molecule has 2 aromatic rings. The molecule has 0 unspecified atom stereocenters. The third kappa shape index (κ3) is 3.19. The van der Waals surface area contributed by atoms with E-state index >= 15 is 0 Å². The Kier molecular flexibility index (Phi) is 4.23. The number of aromatic nitrogens is 1. The molecule has 0 bridgehead atoms. The van der Waals surface area contributed by atoms with Gasteiger partial charge >= 0.3 is 0 Å². The molecule has 0 radical (unpaired) electrons. The van der Waals surface area contributed by atoms with Gasteiger partial charge in [0, 0.05) is 12.7 Å². The van der Waals surface area contributed by atoms with E-state index in [9.17, 15) is 4.79 Å². The number of rotatable bonds is 4. The van der Waals surface area contributed by atoms with Crippen LogP contribution in [0.1, 0.15) is 21.6 Å². The van der Waals surface area contributed by atoms with Crippen molar-refractivity contribution in [3.63, 3.8) is 0 Å². The van der Waals surface area contributed by atoms with Gasteiger partial charge in [-0.1, -0.05) is 6.07 Å². The number of amides is 1. The summed E-state index contributed by atoms with van der Waals surface area (Å²) in [5.41, 5.74) is 2.71. The number of ether oxygens (including phenoxy) is 2. The molecule has 0 saturated carbocycles. The number of carbonyl (C=O) groups is 1. The summed E-state index contributed by atoms with van der Waals surface area (Å²) < 4.78 is 11.2. The third-order valence-electron chi connectivity index (χ3n) is 3.58. The first-order chi connectivity index (χ1) is 10.7. The normalized spacial score (nSPS) is 12.8. The van der Waals surface area contributed by atoms with Crippen molar-refractivity contribution in [2.75, 3.05) is 19.8 Å². The quantitative estimate of drug-likeness (QED) is 0.939. The first kappa shape index (κ1) is 14.4. The first-order valence-electron chi connectivity index (χ1n) is 7.32. The van der Waals surface area contributed by atoms with Gasteiger partial charge in [0.2, 0.25) is 0 Å². The second kappa shape index (κ2) is 6.47. The molecular formula is C17H18N2O3. The van der Waals surface area contributed by atoms with Crippen LogP contribution in [-0.4, -0.2) is 30.6 Å². The van der Waals surface area contributed by atoms with Crippen LogP contribution in [0.15, 0.2) is 36.5 Å². The summed E-state index contributed by atoms with van der Waals surface area (Å²) >= 11 is 0. The lowest BCUT2D eigenvalue weighted by Crippen LogP contribution is -2.26. The highest BCUT2D eigenvalue weighted by molar-refractivity contribution is 5.92. The van der Waals surface area contributed by atoms with Gasteiger partial charge < -0.3 is 14.8 Å². The smallest absolute Gasteiger partial charge is 0.269 e. The lowest BCUT2D eigenvalue weighted by Gasteiger charge is -2.20. The van der Waals surface area contributed by atoms with Crippen LogP contribution in [0.4, 0.5) is 0 Å². The number of hydrogen-bond donors (Lipinski definition) is 1. The Balaban J connectivity index is 1.61. The van der Waals surface area contributed by atoms with E-state index < -0.39 is 0 Å². The minimum atomic E-state index is -0.157. The van der Waals surface area contributed by atoms with Crippen molar-refractivity contribution in [3.8, 4) is 11.5 Å². The zero-order valence-electron chi connectivity index (χ0n) is 12.5. The summed E-state index contributed by atoms with van der Waals surface area (Å²) in [6.07, 6.45) is 2.35. The van der Waals surface area contributed by atoms with Crippen LogP contribution in [0.5, 0.6) is 11.5 Å². The summed E-state index contributed by atoms with van der Waals surface area (Å²) in [6, 6.07) is 9.27. The fraction of sp³-hybridized carbons (Fsp3) is 0.294. The Bertz CT molecular complexity index is 671. The van der Waals surface area contributed by atoms with E-state index in [4.69, 9.17) is 9.47 Å². The molecule has 1 aromatic carbocycles. The monoisotopic (exact) mass is 298 g/mol. The molecule has 114 valence electrons. The molecule has 0 fully saturated rings. The number of nitrogens with zero attached hydrogens (tertiary/aromatic N) is 1. The second-order valence-corrected chi connectivity index (χ2v) is 5.14. The van der Waals surface area contributed by atoms with E-state index in [1.165, 1.54) is 0 Å². The first-order valence-corrected chi connectivity index (χ1v) is 7.32. The van der Waals surface area contributed by atoms with E-state index in [1.807, 2.05) is 19.1 Å². The fourth-order valence-corrected chi connectivity index (χ4v) is 2.40. The van der Waals surface area contributed by atoms with E-state index in [0.717, 1.165) is 29.0 Å². The third-order valence-corrected chi connectivity index (χ3v) is 3.58. The van der Waals surface area contributed by atoms with Crippen LogP contribution >= 0.6 is 0 Å². The van der Waals surface area contributed by atoms with Crippen LogP contribution in [0.2, 0.25) is 0 Å². The Morgan fingerprint density at radius 2 is 2.00 bits per heavy atom. The summed E-state index contributed by atoms with van der Waals surface area (Å²) in [7, 11) is 0. The molecule has 1 amide bonds. The Morgan fingerprint density at radius 1 is 1.23 bits per heavy atom. The largest absolute Gasteiger partial charge is 0.486 e. The Morgan fingerprint density at radius 3 is 2.73 bits per heavy atom. The number of aryl methyl sites for hydroxylation is 1. The van der Waals surface area contributed by atoms with Crippen molar-refractivity contribution >= 4 is 5.91 Å². The SMILES string of the molecule is Cc1cc2c(cc1CCNC(=O)c1ccccn1)OCCO2. The average molecular weight is 298 g/mol. The van der Waals surface area contributed by atoms with Crippen molar-refractivity contribution in [3.05, 3.63) is 53.3 Å². The summed E-state index contributed by atoms with van der Waals surface area (Å²) in [5, 5.41) is 2.88. The molecule has 1 aromatic heterocycles. The second-order valence-electron chi connectivity index (χ2n) is 5.14. The molecule has 3 rings (SSSR count). The van der Waals surface area contributed by atoms with Gasteiger partial charge in [-0.15, -0.1) is 0 Å². The molecule has 22 heavy (non-hydrogen) atoms. The number of benzene rings is 1. The molecule has 1 aliphatic rings. The summed E-state index contributed by atoms with van der Waals surface area (Å²) in [4.78, 5) is 16.0. The van der Waals surface area contributed by atoms with Crippen molar-refractivity contribution in [1.82, 2.24) is 10.3 Å². The van der Waals surface area contributed by atoms with Gasteiger partial charge in [-0.05, 0) is 48.7 Å². The lowest BCUT2D eigenvalue weighted by molar-refractivity contribution is 0.0949. The van der Waals surface area contributed by atoms with Crippen LogP contribution in [0.3, 0.4) is 0 Å². The zero-order valence-corrected chi connectivity index (χ0v) is 12.5. The van der Waals surface area contributed by atoms with Gasteiger partial charge in [-0.25, -0.2) is 0 Å². The van der Waals surface area contributed by atoms with Crippen molar-refractivity contribution in [1.29, 1.82) is 0 Å². The maximum absolute atomic E-state index is 11.9. The molecule has 0 saturated heterocycles. The van der Waals surface area contributed by atoms with E-state index in [2.05, 4.69) is 10.3 Å². The molecule has 0 aliphatic carbocycles. The predicted molar refractivity (Wildman–Crippen MR) is 82.4 cm³/mol. The lowest BCUT2D eigenvalue weighted by atomic mass is 10.0. The molecule has 1 N–H and O–H groups in total. The van der Waals surface area contributed by atoms with Crippen molar-refractivity contribution < 1.29 is 14.3 Å². The summed E-state index contributed by atoms with van der Waals surface area (Å²) in [5.74, 6) is 1.42. The van der Waals surface area contributed by atoms with Gasteiger partial charge in [0.15, 0.2) is 11.5 Å². The molecule has 0 spiro atoms. The van der Waals surface area contributed by atoms with Gasteiger partial charge in [0.1, 0.15) is 18.9 Å². The Hall–Kier alpha value is -2.56. The zero-order chi connectivity index (χ0) is 15.4. The van der Waals surface area contributed by atoms with E-state index in [-0.39, 0.29) is 5.91 Å². The standard InChI is InChI=1S/C17H18N2O3/c1-12-10-15-16(22-9-8-21-15)11-13(12)5-7-19-17(20)14-4-2-3-6-18-14/h2-4,6,10-11H,5,7-9H2,1H3,(H,19,20). The van der Waals surface area contributed by atoms with Gasteiger partial charge in [0.05, 0.1) is 0 Å². The average Bonchev–Trinajstić information content (AvgIpc) is 2.56. The van der Waals surface area contributed by atoms with Crippen LogP contribution in [0, 0.1) is 6.92 Å². The van der Waals surface area contributed by atoms with Crippen LogP contribution in [0.25, 0.3) is 0 Å². The van der Waals surface area contributed by atoms with Crippen molar-refractivity contribution in [2.45, 2.75) is 13.3 Å². The maximum Gasteiger partial charge on any atom is 0.269 e. The molecule has 1 aliphatic heterocycles. The van der Waals surface area contributed by atoms with Gasteiger partial charge in [-0.2, -0.15) is 0 Å². The molecular weight excluding hydrogens is 280 g/mol. The summed E-state index contributed by atoms with van der Waals surface area (Å²) in [6.45, 7) is 3.75. The number of fused-ring (bicyclic) bond motifs is 1. The number of hydrogen-bond acceptors (Lipinski definition) is 4.